The van der Waals surface area contributed by atoms with E-state index in [4.69, 9.17) is 0 Å². The zero-order chi connectivity index (χ0) is 18.4. The van der Waals surface area contributed by atoms with Gasteiger partial charge in [-0.05, 0) is 64.5 Å². The van der Waals surface area contributed by atoms with Crippen molar-refractivity contribution < 1.29 is 8.42 Å². The first-order valence-electron chi connectivity index (χ1n) is 8.28. The van der Waals surface area contributed by atoms with Gasteiger partial charge < -0.3 is 0 Å². The largest absolute Gasteiger partial charge is 0.268 e. The van der Waals surface area contributed by atoms with E-state index in [0.29, 0.717) is 10.6 Å². The molecule has 0 aliphatic heterocycles. The molecular formula is C21H25NO2S. The summed E-state index contributed by atoms with van der Waals surface area (Å²) in [5.41, 5.74) is 4.33. The van der Waals surface area contributed by atoms with Gasteiger partial charge in [0.1, 0.15) is 0 Å². The fourth-order valence-corrected chi connectivity index (χ4v) is 3.57. The van der Waals surface area contributed by atoms with E-state index in [1.54, 1.807) is 48.7 Å². The molecule has 0 atom stereocenters. The highest BCUT2D eigenvalue weighted by Crippen LogP contribution is 2.18. The molecule has 0 saturated heterocycles. The maximum Gasteiger partial charge on any atom is 0.268 e. The van der Waals surface area contributed by atoms with Crippen molar-refractivity contribution in [3.63, 3.8) is 0 Å². The molecule has 1 heterocycles. The summed E-state index contributed by atoms with van der Waals surface area (Å²) < 4.78 is 26.9. The van der Waals surface area contributed by atoms with E-state index in [2.05, 4.69) is 26.8 Å². The minimum absolute atomic E-state index is 0.290. The predicted octanol–water partition coefficient (Wildman–Crippen LogP) is 5.35. The van der Waals surface area contributed by atoms with Crippen LogP contribution in [-0.4, -0.2) is 12.4 Å². The maximum atomic E-state index is 12.8. The summed E-state index contributed by atoms with van der Waals surface area (Å²) in [6.07, 6.45) is 10.2. The summed E-state index contributed by atoms with van der Waals surface area (Å²) >= 11 is 0. The lowest BCUT2D eigenvalue weighted by atomic mass is 10.1. The first kappa shape index (κ1) is 19.0. The molecule has 0 saturated carbocycles. The Morgan fingerprint density at radius 1 is 1.04 bits per heavy atom. The van der Waals surface area contributed by atoms with Crippen LogP contribution in [0.1, 0.15) is 38.4 Å². The number of rotatable bonds is 6. The maximum absolute atomic E-state index is 12.8. The number of allylic oxidation sites excluding steroid dienone is 5. The minimum Gasteiger partial charge on any atom is -0.242 e. The zero-order valence-corrected chi connectivity index (χ0v) is 16.0. The van der Waals surface area contributed by atoms with E-state index in [1.165, 1.54) is 15.1 Å². The fourth-order valence-electron chi connectivity index (χ4n) is 2.23. The van der Waals surface area contributed by atoms with Gasteiger partial charge in [-0.3, -0.25) is 0 Å². The molecule has 0 unspecified atom stereocenters. The number of benzene rings is 1. The second-order valence-corrected chi connectivity index (χ2v) is 8.13. The number of aromatic nitrogens is 1. The van der Waals surface area contributed by atoms with Crippen LogP contribution in [0.2, 0.25) is 0 Å². The first-order valence-corrected chi connectivity index (χ1v) is 9.72. The summed E-state index contributed by atoms with van der Waals surface area (Å²) in [6.45, 7) is 8.25. The van der Waals surface area contributed by atoms with Crippen LogP contribution in [0.4, 0.5) is 0 Å². The Balaban J connectivity index is 2.20. The average Bonchev–Trinajstić information content (AvgIpc) is 3.04. The van der Waals surface area contributed by atoms with Crippen molar-refractivity contribution in [1.82, 2.24) is 3.97 Å². The van der Waals surface area contributed by atoms with Gasteiger partial charge in [0.2, 0.25) is 0 Å². The van der Waals surface area contributed by atoms with Gasteiger partial charge in [0.15, 0.2) is 0 Å². The van der Waals surface area contributed by atoms with Gasteiger partial charge in [0.05, 0.1) is 10.6 Å². The van der Waals surface area contributed by atoms with Crippen LogP contribution >= 0.6 is 0 Å². The van der Waals surface area contributed by atoms with Gasteiger partial charge in [-0.1, -0.05) is 47.1 Å². The Labute approximate surface area is 151 Å². The van der Waals surface area contributed by atoms with Crippen molar-refractivity contribution >= 4 is 16.1 Å². The van der Waals surface area contributed by atoms with Gasteiger partial charge >= 0.3 is 0 Å². The van der Waals surface area contributed by atoms with Crippen molar-refractivity contribution in [1.29, 1.82) is 0 Å². The van der Waals surface area contributed by atoms with Crippen molar-refractivity contribution in [2.24, 2.45) is 0 Å². The van der Waals surface area contributed by atoms with Crippen molar-refractivity contribution in [3.05, 3.63) is 83.2 Å². The smallest absolute Gasteiger partial charge is 0.242 e. The highest BCUT2D eigenvalue weighted by atomic mass is 32.2. The molecule has 1 aromatic carbocycles. The topological polar surface area (TPSA) is 39.1 Å². The zero-order valence-electron chi connectivity index (χ0n) is 15.2. The summed E-state index contributed by atoms with van der Waals surface area (Å²) in [6, 6.07) is 10.4. The minimum atomic E-state index is -3.58. The molecule has 0 radical (unpaired) electrons. The molecule has 0 fully saturated rings. The lowest BCUT2D eigenvalue weighted by molar-refractivity contribution is 0.587. The van der Waals surface area contributed by atoms with E-state index in [0.717, 1.165) is 12.0 Å². The van der Waals surface area contributed by atoms with Crippen LogP contribution < -0.4 is 0 Å². The molecule has 132 valence electrons. The summed E-state index contributed by atoms with van der Waals surface area (Å²) in [5.74, 6) is 0. The lowest BCUT2D eigenvalue weighted by Gasteiger charge is -2.08. The Morgan fingerprint density at radius 2 is 1.72 bits per heavy atom. The molecule has 0 aliphatic carbocycles. The van der Waals surface area contributed by atoms with Gasteiger partial charge in [-0.15, -0.1) is 0 Å². The average molecular weight is 356 g/mol. The van der Waals surface area contributed by atoms with Crippen molar-refractivity contribution in [2.45, 2.75) is 39.0 Å². The Bertz CT molecular complexity index is 907. The number of nitrogens with zero attached hydrogens (tertiary/aromatic N) is 1. The third kappa shape index (κ3) is 4.83. The molecule has 0 aliphatic rings. The highest BCUT2D eigenvalue weighted by Gasteiger charge is 2.17. The second kappa shape index (κ2) is 8.17. The van der Waals surface area contributed by atoms with E-state index in [1.807, 2.05) is 19.1 Å². The molecule has 4 heteroatoms. The Kier molecular flexibility index (Phi) is 6.21. The van der Waals surface area contributed by atoms with E-state index >= 15 is 0 Å². The molecule has 0 bridgehead atoms. The molecule has 0 spiro atoms. The van der Waals surface area contributed by atoms with Crippen LogP contribution in [0, 0.1) is 6.92 Å². The second-order valence-electron chi connectivity index (χ2n) is 6.32. The van der Waals surface area contributed by atoms with Gasteiger partial charge in [0.25, 0.3) is 10.0 Å². The molecule has 0 N–H and O–H groups in total. The third-order valence-corrected chi connectivity index (χ3v) is 5.83. The van der Waals surface area contributed by atoms with Crippen molar-refractivity contribution in [2.75, 3.05) is 0 Å². The Hall–Kier alpha value is -2.33. The van der Waals surface area contributed by atoms with Gasteiger partial charge in [-0.2, -0.15) is 0 Å². The normalized spacial score (nSPS) is 12.2. The monoisotopic (exact) mass is 355 g/mol. The summed E-state index contributed by atoms with van der Waals surface area (Å²) in [7, 11) is -3.58. The van der Waals surface area contributed by atoms with E-state index < -0.39 is 10.0 Å². The molecule has 1 aromatic heterocycles. The van der Waals surface area contributed by atoms with Crippen LogP contribution in [-0.2, 0) is 10.0 Å². The van der Waals surface area contributed by atoms with E-state index in [-0.39, 0.29) is 0 Å². The molecule has 2 aromatic rings. The summed E-state index contributed by atoms with van der Waals surface area (Å²) in [5, 5.41) is 0. The quantitative estimate of drug-likeness (QED) is 0.517. The number of hydrogen-bond donors (Lipinski definition) is 0. The fraction of sp³-hybridized carbons (Fsp3) is 0.238. The lowest BCUT2D eigenvalue weighted by Crippen LogP contribution is -2.13. The van der Waals surface area contributed by atoms with Crippen molar-refractivity contribution in [3.8, 4) is 0 Å². The molecule has 3 nitrogen and oxygen atoms in total. The van der Waals surface area contributed by atoms with Crippen LogP contribution in [0.15, 0.2) is 76.9 Å². The van der Waals surface area contributed by atoms with Gasteiger partial charge in [0, 0.05) is 6.20 Å². The Morgan fingerprint density at radius 3 is 2.36 bits per heavy atom. The molecule has 25 heavy (non-hydrogen) atoms. The summed E-state index contributed by atoms with van der Waals surface area (Å²) in [4.78, 5) is 0.290. The number of hydrogen-bond acceptors (Lipinski definition) is 2. The van der Waals surface area contributed by atoms with Crippen LogP contribution in [0.3, 0.4) is 0 Å². The molecule has 0 amide bonds. The third-order valence-electron chi connectivity index (χ3n) is 4.11. The van der Waals surface area contributed by atoms with Crippen LogP contribution in [0.5, 0.6) is 0 Å². The standard InChI is InChI=1S/C21H25NO2S/c1-17(2)19(4)9-6-5-7-10-20-11-8-16-22(20)25(23,24)21-14-12-18(3)13-15-21/h5-8,10-16H,9H2,1-4H3/b6-5+,10-7+. The number of aryl methyl sites for hydroxylation is 1. The predicted molar refractivity (Wildman–Crippen MR) is 105 cm³/mol. The molecular weight excluding hydrogens is 330 g/mol. The van der Waals surface area contributed by atoms with E-state index in [9.17, 15) is 8.42 Å². The highest BCUT2D eigenvalue weighted by molar-refractivity contribution is 7.90. The molecule has 2 rings (SSSR count). The first-order chi connectivity index (χ1) is 11.8. The van der Waals surface area contributed by atoms with Gasteiger partial charge in [-0.25, -0.2) is 12.4 Å². The SMILES string of the molecule is CC(C)=C(C)C/C=C/C=C/c1cccn1S(=O)(=O)c1ccc(C)cc1. The van der Waals surface area contributed by atoms with Crippen LogP contribution in [0.25, 0.3) is 6.08 Å².